The highest BCUT2D eigenvalue weighted by Gasteiger charge is 2.54. The van der Waals surface area contributed by atoms with E-state index in [1.165, 1.54) is 19.2 Å². The van der Waals surface area contributed by atoms with Crippen molar-refractivity contribution in [3.8, 4) is 0 Å². The zero-order chi connectivity index (χ0) is 25.0. The molecule has 188 valence electrons. The van der Waals surface area contributed by atoms with Crippen LogP contribution in [-0.2, 0) is 16.0 Å². The normalized spacial score (nSPS) is 22.3. The van der Waals surface area contributed by atoms with Gasteiger partial charge in [0.1, 0.15) is 5.82 Å². The maximum Gasteiger partial charge on any atom is 0.414 e. The minimum absolute atomic E-state index is 0.0646. The number of aliphatic carboxylic acids is 1. The lowest BCUT2D eigenvalue weighted by atomic mass is 9.86. The zero-order valence-corrected chi connectivity index (χ0v) is 20.2. The van der Waals surface area contributed by atoms with Crippen LogP contribution in [0.3, 0.4) is 0 Å². The molecule has 9 heteroatoms. The van der Waals surface area contributed by atoms with Crippen LogP contribution in [-0.4, -0.2) is 39.4 Å². The molecule has 0 bridgehead atoms. The number of anilines is 3. The van der Waals surface area contributed by atoms with Gasteiger partial charge in [0.05, 0.1) is 35.3 Å². The molecule has 3 aliphatic rings. The molecule has 1 amide bonds. The SMILES string of the molecule is COC(=O)N1c2ccc3c(nc(Nc4cccc(F)c4)n3C3CCC(C(=O)O)CC3)c2CCC12CC2. The van der Waals surface area contributed by atoms with Crippen molar-refractivity contribution in [2.75, 3.05) is 17.3 Å². The Morgan fingerprint density at radius 2 is 1.92 bits per heavy atom. The van der Waals surface area contributed by atoms with Gasteiger partial charge in [-0.1, -0.05) is 6.07 Å². The summed E-state index contributed by atoms with van der Waals surface area (Å²) in [6, 6.07) is 10.3. The van der Waals surface area contributed by atoms with Gasteiger partial charge < -0.3 is 19.7 Å². The van der Waals surface area contributed by atoms with Gasteiger partial charge in [-0.15, -0.1) is 0 Å². The van der Waals surface area contributed by atoms with Gasteiger partial charge in [-0.25, -0.2) is 14.2 Å². The maximum absolute atomic E-state index is 13.9. The summed E-state index contributed by atoms with van der Waals surface area (Å²) in [6.07, 6.45) is 5.88. The summed E-state index contributed by atoms with van der Waals surface area (Å²) in [5, 5.41) is 12.8. The fourth-order valence-electron chi connectivity index (χ4n) is 6.12. The number of halogens is 1. The molecule has 6 rings (SSSR count). The fraction of sp³-hybridized carbons (Fsp3) is 0.444. The van der Waals surface area contributed by atoms with E-state index in [-0.39, 0.29) is 29.4 Å². The van der Waals surface area contributed by atoms with Crippen LogP contribution in [0.5, 0.6) is 0 Å². The number of carboxylic acids is 1. The number of carbonyl (C=O) groups excluding carboxylic acids is 1. The monoisotopic (exact) mass is 492 g/mol. The van der Waals surface area contributed by atoms with Crippen molar-refractivity contribution in [1.29, 1.82) is 0 Å². The average Bonchev–Trinajstić information content (AvgIpc) is 3.54. The topological polar surface area (TPSA) is 96.7 Å². The van der Waals surface area contributed by atoms with Crippen LogP contribution in [0.2, 0.25) is 0 Å². The lowest BCUT2D eigenvalue weighted by molar-refractivity contribution is -0.143. The second kappa shape index (κ2) is 8.50. The second-order valence-electron chi connectivity index (χ2n) is 10.2. The third-order valence-electron chi connectivity index (χ3n) is 8.17. The molecular weight excluding hydrogens is 463 g/mol. The van der Waals surface area contributed by atoms with Crippen molar-refractivity contribution in [2.24, 2.45) is 5.92 Å². The number of nitrogens with zero attached hydrogens (tertiary/aromatic N) is 3. The Kier molecular flexibility index (Phi) is 5.39. The molecule has 36 heavy (non-hydrogen) atoms. The van der Waals surface area contributed by atoms with Gasteiger partial charge in [0, 0.05) is 17.3 Å². The number of hydrogen-bond acceptors (Lipinski definition) is 5. The van der Waals surface area contributed by atoms with Gasteiger partial charge in [0.25, 0.3) is 0 Å². The van der Waals surface area contributed by atoms with Crippen LogP contribution < -0.4 is 10.2 Å². The standard InChI is InChI=1S/C27H29FN4O4/c1-36-26(35)32-21-9-10-22-23(20(21)11-12-27(32)13-14-27)30-25(29-18-4-2-3-17(28)15-18)31(22)19-7-5-16(6-8-19)24(33)34/h2-4,9-10,15-16,19H,5-8,11-14H2,1H3,(H,29,30)(H,33,34). The smallest absolute Gasteiger partial charge is 0.414 e. The molecule has 1 aliphatic heterocycles. The fourth-order valence-corrected chi connectivity index (χ4v) is 6.12. The van der Waals surface area contributed by atoms with E-state index < -0.39 is 5.97 Å². The third kappa shape index (κ3) is 3.68. The van der Waals surface area contributed by atoms with Crippen molar-refractivity contribution < 1.29 is 23.8 Å². The predicted octanol–water partition coefficient (Wildman–Crippen LogP) is 5.79. The first-order chi connectivity index (χ1) is 17.4. The van der Waals surface area contributed by atoms with Crippen LogP contribution in [0.1, 0.15) is 56.6 Å². The summed E-state index contributed by atoms with van der Waals surface area (Å²) < 4.78 is 21.2. The minimum atomic E-state index is -0.743. The number of carboxylic acid groups (broad SMARTS) is 1. The molecule has 2 N–H and O–H groups in total. The molecule has 2 aromatic carbocycles. The third-order valence-corrected chi connectivity index (χ3v) is 8.17. The lowest BCUT2D eigenvalue weighted by Crippen LogP contribution is -2.45. The summed E-state index contributed by atoms with van der Waals surface area (Å²) in [7, 11) is 1.41. The summed E-state index contributed by atoms with van der Waals surface area (Å²) in [5.41, 5.74) is 4.03. The van der Waals surface area contributed by atoms with E-state index in [1.54, 1.807) is 12.1 Å². The Morgan fingerprint density at radius 3 is 2.58 bits per heavy atom. The van der Waals surface area contributed by atoms with E-state index in [1.807, 2.05) is 17.0 Å². The van der Waals surface area contributed by atoms with Crippen molar-refractivity contribution in [3.05, 3.63) is 47.8 Å². The maximum atomic E-state index is 13.9. The predicted molar refractivity (Wildman–Crippen MR) is 133 cm³/mol. The number of ether oxygens (including phenoxy) is 1. The van der Waals surface area contributed by atoms with Gasteiger partial charge in [-0.2, -0.15) is 0 Å². The summed E-state index contributed by atoms with van der Waals surface area (Å²) >= 11 is 0. The molecule has 2 heterocycles. The largest absolute Gasteiger partial charge is 0.481 e. The van der Waals surface area contributed by atoms with Crippen LogP contribution in [0, 0.1) is 11.7 Å². The highest BCUT2D eigenvalue weighted by molar-refractivity contribution is 5.97. The molecule has 2 fully saturated rings. The first-order valence-corrected chi connectivity index (χ1v) is 12.6. The molecule has 1 aromatic heterocycles. The first-order valence-electron chi connectivity index (χ1n) is 12.6. The number of carbonyl (C=O) groups is 2. The molecule has 0 atom stereocenters. The van der Waals surface area contributed by atoms with E-state index in [0.29, 0.717) is 24.5 Å². The van der Waals surface area contributed by atoms with E-state index in [2.05, 4.69) is 9.88 Å². The minimum Gasteiger partial charge on any atom is -0.481 e. The zero-order valence-electron chi connectivity index (χ0n) is 20.2. The Labute approximate surface area is 208 Å². The lowest BCUT2D eigenvalue weighted by Gasteiger charge is -2.36. The number of amides is 1. The Morgan fingerprint density at radius 1 is 1.14 bits per heavy atom. The highest BCUT2D eigenvalue weighted by atomic mass is 19.1. The van der Waals surface area contributed by atoms with Crippen molar-refractivity contribution >= 4 is 40.4 Å². The van der Waals surface area contributed by atoms with Crippen LogP contribution in [0.4, 0.5) is 26.5 Å². The van der Waals surface area contributed by atoms with Gasteiger partial charge in [-0.3, -0.25) is 9.69 Å². The number of rotatable bonds is 4. The summed E-state index contributed by atoms with van der Waals surface area (Å²) in [4.78, 5) is 31.1. The van der Waals surface area contributed by atoms with E-state index in [0.717, 1.165) is 60.8 Å². The number of aromatic nitrogens is 2. The Balaban J connectivity index is 1.46. The first kappa shape index (κ1) is 22.8. The molecule has 8 nitrogen and oxygen atoms in total. The Hall–Kier alpha value is -3.62. The van der Waals surface area contributed by atoms with E-state index in [4.69, 9.17) is 9.72 Å². The average molecular weight is 493 g/mol. The molecular formula is C27H29FN4O4. The van der Waals surface area contributed by atoms with Gasteiger partial charge >= 0.3 is 12.1 Å². The number of hydrogen-bond donors (Lipinski definition) is 2. The number of benzene rings is 2. The number of imidazole rings is 1. The molecule has 2 saturated carbocycles. The summed E-state index contributed by atoms with van der Waals surface area (Å²) in [5.74, 6) is -0.815. The molecule has 0 saturated heterocycles. The van der Waals surface area contributed by atoms with Crippen molar-refractivity contribution in [2.45, 2.75) is 62.9 Å². The van der Waals surface area contributed by atoms with E-state index >= 15 is 0 Å². The van der Waals surface area contributed by atoms with Crippen molar-refractivity contribution in [1.82, 2.24) is 9.55 Å². The molecule has 0 radical (unpaired) electrons. The quantitative estimate of drug-likeness (QED) is 0.479. The second-order valence-corrected chi connectivity index (χ2v) is 10.2. The van der Waals surface area contributed by atoms with Crippen LogP contribution in [0.15, 0.2) is 36.4 Å². The number of aryl methyl sites for hydroxylation is 1. The molecule has 2 aliphatic carbocycles. The van der Waals surface area contributed by atoms with Gasteiger partial charge in [-0.05, 0) is 81.7 Å². The molecule has 1 spiro atoms. The summed E-state index contributed by atoms with van der Waals surface area (Å²) in [6.45, 7) is 0. The van der Waals surface area contributed by atoms with Crippen LogP contribution in [0.25, 0.3) is 11.0 Å². The number of methoxy groups -OCH3 is 1. The van der Waals surface area contributed by atoms with Crippen molar-refractivity contribution in [3.63, 3.8) is 0 Å². The number of fused-ring (bicyclic) bond motifs is 3. The van der Waals surface area contributed by atoms with E-state index in [9.17, 15) is 19.1 Å². The number of nitrogens with one attached hydrogen (secondary N) is 1. The highest BCUT2D eigenvalue weighted by Crippen LogP contribution is 2.53. The van der Waals surface area contributed by atoms with Gasteiger partial charge in [0.2, 0.25) is 5.95 Å². The van der Waals surface area contributed by atoms with Crippen LogP contribution >= 0.6 is 0 Å². The molecule has 0 unspecified atom stereocenters. The molecule has 3 aromatic rings. The van der Waals surface area contributed by atoms with Gasteiger partial charge in [0.15, 0.2) is 0 Å². The Bertz CT molecular complexity index is 1360.